The molecule has 0 spiro atoms. The van der Waals surface area contributed by atoms with E-state index in [0.29, 0.717) is 106 Å². The Morgan fingerprint density at radius 2 is 0.845 bits per heavy atom. The molecule has 3 fully saturated rings. The van der Waals surface area contributed by atoms with Gasteiger partial charge < -0.3 is 64.8 Å². The first kappa shape index (κ1) is 87.8. The summed E-state index contributed by atoms with van der Waals surface area (Å²) in [6, 6.07) is 46.3. The molecule has 3 aliphatic rings. The van der Waals surface area contributed by atoms with E-state index in [4.69, 9.17) is 45.3 Å². The van der Waals surface area contributed by atoms with E-state index in [-0.39, 0.29) is 78.4 Å². The Morgan fingerprint density at radius 1 is 0.505 bits per heavy atom. The number of likely N-dealkylation sites (tertiary alicyclic amines) is 2. The second kappa shape index (κ2) is 49.9. The van der Waals surface area contributed by atoms with Gasteiger partial charge in [0.15, 0.2) is 0 Å². The van der Waals surface area contributed by atoms with Crippen LogP contribution in [0.15, 0.2) is 171 Å². The molecular formula is C71H84BClI5N12O12V. The van der Waals surface area contributed by atoms with Gasteiger partial charge in [-0.2, -0.15) is 0 Å². The van der Waals surface area contributed by atoms with E-state index in [1.807, 2.05) is 130 Å². The summed E-state index contributed by atoms with van der Waals surface area (Å²) in [6.07, 6.45) is 7.49. The predicted molar refractivity (Wildman–Crippen MR) is 442 cm³/mol. The third-order valence-electron chi connectivity index (χ3n) is 15.5. The van der Waals surface area contributed by atoms with E-state index < -0.39 is 7.12 Å². The molecule has 0 aliphatic carbocycles. The van der Waals surface area contributed by atoms with E-state index in [9.17, 15) is 24.0 Å². The van der Waals surface area contributed by atoms with Crippen LogP contribution in [-0.4, -0.2) is 146 Å². The molecule has 8 aromatic rings. The number of para-hydroxylation sites is 3. The molecule has 550 valence electrons. The van der Waals surface area contributed by atoms with Crippen LogP contribution >= 0.6 is 109 Å². The molecule has 0 radical (unpaired) electrons. The average Bonchev–Trinajstić information content (AvgIpc) is 0.839. The van der Waals surface area contributed by atoms with Crippen LogP contribution in [0.2, 0.25) is 5.15 Å². The Kier molecular flexibility index (Phi) is 42.5. The van der Waals surface area contributed by atoms with Gasteiger partial charge in [-0.3, -0.25) is 14.4 Å². The number of anilines is 3. The Morgan fingerprint density at radius 3 is 1.23 bits per heavy atom. The zero-order valence-corrected chi connectivity index (χ0v) is 69.2. The number of rotatable bonds is 19. The standard InChI is InChI=1S/C26H28N4O4.C18H19ClN4O3.C18H22N4O2.C8H11BO3.CH4.I2.3HI.V/c1-2-33-23-11-7-6-10-21(23)22-16-24(28-18-27-22)29-25(31)20-12-14-30(15-13-20)26(32)34-17-19-8-4-3-5-9-19;19-15-10-16(21-12-20-15)22-17(24)14-6-8-23(9-7-14)18(25)26-11-13-4-2-1-3-5-13;1-2-24-16-6-4-3-5-14(16)15-11-17(21-12-20-15)22-18(23)13-7-9-19-10-8-13;1-2-12-8-6-4-3-5-7(8)9(10)11;;1-2;;;;/h3-11,16,18,20H,2,12-15,17H2,1H3,(H,27,28,29,31);1-5,10,12,14H,6-9,11H2,(H,20,21,22,24);3-6,11-13,19H,2,7-10H2,1H3,(H,20,21,22,23);3-6,10-11H,2H2,1H3;1H4;;3*1H;/q;;;;;;;;;+3/p-3. The molecule has 5 aromatic carbocycles. The molecule has 103 heavy (non-hydrogen) atoms. The number of hydrogen-bond donors (Lipinski definition) is 6. The van der Waals surface area contributed by atoms with Crippen LogP contribution in [0.5, 0.6) is 17.2 Å². The van der Waals surface area contributed by atoms with Gasteiger partial charge in [0.1, 0.15) is 72.1 Å². The summed E-state index contributed by atoms with van der Waals surface area (Å²) in [4.78, 5) is 89.8. The second-order valence-electron chi connectivity index (χ2n) is 22.3. The zero-order chi connectivity index (χ0) is 73.4. The van der Waals surface area contributed by atoms with E-state index >= 15 is 0 Å². The van der Waals surface area contributed by atoms with Crippen molar-refractivity contribution in [3.63, 3.8) is 0 Å². The van der Waals surface area contributed by atoms with Crippen LogP contribution in [0.4, 0.5) is 27.0 Å². The second-order valence-corrected chi connectivity index (χ2v) is 58.0. The Bertz CT molecular complexity index is 3840. The quantitative estimate of drug-likeness (QED) is 0.0249. The topological polar surface area (TPSA) is 304 Å². The molecule has 0 atom stereocenters. The number of nitrogens with one attached hydrogen (secondary N) is 4. The number of ether oxygens (including phenoxy) is 5. The van der Waals surface area contributed by atoms with E-state index in [1.54, 1.807) is 46.2 Å². The Labute approximate surface area is 668 Å². The fourth-order valence-corrected chi connectivity index (χ4v) is 10.6. The van der Waals surface area contributed by atoms with Crippen LogP contribution in [-0.2, 0) is 42.0 Å². The predicted octanol–water partition coefficient (Wildman–Crippen LogP) is 15.0. The fourth-order valence-electron chi connectivity index (χ4n) is 10.5. The van der Waals surface area contributed by atoms with Gasteiger partial charge in [-0.05, 0) is 114 Å². The van der Waals surface area contributed by atoms with Crippen molar-refractivity contribution in [1.82, 2.24) is 45.0 Å². The number of aromatic nitrogens is 6. The molecule has 3 aliphatic heterocycles. The summed E-state index contributed by atoms with van der Waals surface area (Å²) in [7, 11) is -1.47. The van der Waals surface area contributed by atoms with Crippen LogP contribution < -0.4 is 40.9 Å². The molecule has 6 N–H and O–H groups in total. The van der Waals surface area contributed by atoms with Crippen molar-refractivity contribution in [3.8, 4) is 39.8 Å². The molecule has 5 amide bonds. The number of carbonyl (C=O) groups is 5. The molecule has 0 bridgehead atoms. The van der Waals surface area contributed by atoms with E-state index in [1.165, 1.54) is 25.0 Å². The number of hydrogen-bond acceptors (Lipinski definition) is 19. The maximum absolute atomic E-state index is 12.8. The van der Waals surface area contributed by atoms with Gasteiger partial charge in [0.05, 0.1) is 31.2 Å². The van der Waals surface area contributed by atoms with Gasteiger partial charge in [-0.15, -0.1) is 0 Å². The molecule has 0 saturated carbocycles. The number of piperidine rings is 3. The van der Waals surface area contributed by atoms with E-state index in [2.05, 4.69) is 148 Å². The summed E-state index contributed by atoms with van der Waals surface area (Å²) in [5.74, 6) is 2.81. The number of amides is 5. The SMILES string of the molecule is C.CCOc1ccccc1-c1cc(NC(=O)C2CCN(C(=O)OCc3ccccc3)CC2)ncn1.CCOc1ccccc1-c1cc(NC(=O)C2CCNCC2)ncn1.CCOc1ccccc1B(O)O.II.O=C(Nc1cc(Cl)ncn1)C1CCN(C(=O)OCc2ccccc2)CC1.[I][V]([I])[I]. The molecule has 0 unspecified atom stereocenters. The van der Waals surface area contributed by atoms with Gasteiger partial charge in [0, 0.05) is 116 Å². The summed E-state index contributed by atoms with van der Waals surface area (Å²) >= 11 is 17.4. The van der Waals surface area contributed by atoms with Gasteiger partial charge in [0.25, 0.3) is 0 Å². The number of carbonyl (C=O) groups excluding carboxylic acids is 5. The van der Waals surface area contributed by atoms with Gasteiger partial charge in [0.2, 0.25) is 17.7 Å². The Hall–Kier alpha value is -5.84. The average molecular weight is 2030 g/mol. The van der Waals surface area contributed by atoms with Crippen molar-refractivity contribution < 1.29 is 62.6 Å². The van der Waals surface area contributed by atoms with Gasteiger partial charge >= 0.3 is 84.2 Å². The minimum atomic E-state index is -1.47. The molecular weight excluding hydrogens is 1940 g/mol. The van der Waals surface area contributed by atoms with Crippen molar-refractivity contribution >= 4 is 169 Å². The molecule has 6 heterocycles. The molecule has 11 rings (SSSR count). The third-order valence-corrected chi connectivity index (χ3v) is 15.7. The van der Waals surface area contributed by atoms with Crippen LogP contribution in [0, 0.1) is 17.8 Å². The number of nitrogens with zero attached hydrogens (tertiary/aromatic N) is 8. The Balaban J connectivity index is 0.000000250. The minimum absolute atomic E-state index is 0. The van der Waals surface area contributed by atoms with E-state index in [0.717, 1.165) is 65.4 Å². The van der Waals surface area contributed by atoms with Gasteiger partial charge in [-0.1, -0.05) is 122 Å². The molecule has 3 aromatic heterocycles. The van der Waals surface area contributed by atoms with Gasteiger partial charge in [-0.25, -0.2) is 39.5 Å². The normalized spacial score (nSPS) is 13.3. The third kappa shape index (κ3) is 31.6. The number of halogens is 6. The summed E-state index contributed by atoms with van der Waals surface area (Å²) in [5, 5.41) is 29.9. The van der Waals surface area contributed by atoms with Crippen LogP contribution in [0.1, 0.15) is 77.8 Å². The summed E-state index contributed by atoms with van der Waals surface area (Å²) in [5.41, 5.74) is 5.42. The molecule has 32 heteroatoms. The first-order chi connectivity index (χ1) is 49.5. The first-order valence-corrected chi connectivity index (χ1v) is 52.8. The maximum atomic E-state index is 12.8. The van der Waals surface area contributed by atoms with Crippen molar-refractivity contribution in [2.24, 2.45) is 17.8 Å². The monoisotopic (exact) mass is 2030 g/mol. The van der Waals surface area contributed by atoms with Crippen LogP contribution in [0.3, 0.4) is 0 Å². The number of benzene rings is 5. The van der Waals surface area contributed by atoms with Crippen molar-refractivity contribution in [2.75, 3.05) is 75.0 Å². The zero-order valence-electron chi connectivity index (χ0n) is 56.3. The summed E-state index contributed by atoms with van der Waals surface area (Å²) in [6.45, 7) is 11.5. The fraction of sp³-hybridized carbons (Fsp3) is 0.338. The van der Waals surface area contributed by atoms with Crippen LogP contribution in [0.25, 0.3) is 22.5 Å². The summed E-state index contributed by atoms with van der Waals surface area (Å²) < 4.78 is 27.2. The first-order valence-electron chi connectivity index (χ1n) is 32.6. The molecule has 3 saturated heterocycles. The van der Waals surface area contributed by atoms with Crippen molar-refractivity contribution in [1.29, 1.82) is 0 Å². The molecule has 24 nitrogen and oxygen atoms in total. The van der Waals surface area contributed by atoms with Crippen molar-refractivity contribution in [2.45, 2.75) is 79.9 Å². The van der Waals surface area contributed by atoms with Crippen molar-refractivity contribution in [3.05, 3.63) is 187 Å².